The summed E-state index contributed by atoms with van der Waals surface area (Å²) in [5.41, 5.74) is 2.62. The van der Waals surface area contributed by atoms with Gasteiger partial charge in [0.15, 0.2) is 0 Å². The molecule has 2 amide bonds. The average molecular weight is 416 g/mol. The SMILES string of the molecule is C[C@@H](CNC(=O)c1cccc(NC(=O)c2nsc3ccccc23)c1)c1ccccc1. The van der Waals surface area contributed by atoms with Crippen molar-refractivity contribution in [3.8, 4) is 0 Å². The van der Waals surface area contributed by atoms with E-state index in [1.165, 1.54) is 17.1 Å². The number of benzene rings is 3. The van der Waals surface area contributed by atoms with E-state index in [0.29, 0.717) is 23.5 Å². The van der Waals surface area contributed by atoms with Gasteiger partial charge >= 0.3 is 0 Å². The van der Waals surface area contributed by atoms with Crippen molar-refractivity contribution in [2.24, 2.45) is 0 Å². The summed E-state index contributed by atoms with van der Waals surface area (Å²) in [5.74, 6) is -0.258. The number of hydrogen-bond donors (Lipinski definition) is 2. The Morgan fingerprint density at radius 3 is 2.53 bits per heavy atom. The highest BCUT2D eigenvalue weighted by Gasteiger charge is 2.15. The molecule has 0 bridgehead atoms. The van der Waals surface area contributed by atoms with Crippen molar-refractivity contribution >= 4 is 39.1 Å². The molecule has 0 aliphatic carbocycles. The summed E-state index contributed by atoms with van der Waals surface area (Å²) in [4.78, 5) is 25.3. The van der Waals surface area contributed by atoms with Crippen LogP contribution >= 0.6 is 11.5 Å². The monoisotopic (exact) mass is 415 g/mol. The normalized spacial score (nSPS) is 11.8. The summed E-state index contributed by atoms with van der Waals surface area (Å²) in [7, 11) is 0. The Kier molecular flexibility index (Phi) is 5.86. The van der Waals surface area contributed by atoms with E-state index in [4.69, 9.17) is 0 Å². The molecule has 3 aromatic carbocycles. The second kappa shape index (κ2) is 8.88. The van der Waals surface area contributed by atoms with E-state index in [2.05, 4.69) is 34.1 Å². The molecule has 0 saturated carbocycles. The quantitative estimate of drug-likeness (QED) is 0.461. The van der Waals surface area contributed by atoms with Crippen LogP contribution < -0.4 is 10.6 Å². The lowest BCUT2D eigenvalue weighted by Gasteiger charge is -2.13. The lowest BCUT2D eigenvalue weighted by Crippen LogP contribution is -2.27. The Balaban J connectivity index is 1.42. The molecule has 6 heteroatoms. The number of aromatic nitrogens is 1. The van der Waals surface area contributed by atoms with E-state index >= 15 is 0 Å². The van der Waals surface area contributed by atoms with Gasteiger partial charge in [0.2, 0.25) is 0 Å². The number of nitrogens with zero attached hydrogens (tertiary/aromatic N) is 1. The van der Waals surface area contributed by atoms with Crippen LogP contribution in [0.5, 0.6) is 0 Å². The molecule has 0 spiro atoms. The van der Waals surface area contributed by atoms with Gasteiger partial charge in [0, 0.05) is 23.2 Å². The lowest BCUT2D eigenvalue weighted by atomic mass is 10.0. The van der Waals surface area contributed by atoms with Gasteiger partial charge in [-0.05, 0) is 47.3 Å². The van der Waals surface area contributed by atoms with Gasteiger partial charge in [-0.3, -0.25) is 9.59 Å². The minimum absolute atomic E-state index is 0.173. The zero-order valence-corrected chi connectivity index (χ0v) is 17.3. The molecule has 2 N–H and O–H groups in total. The highest BCUT2D eigenvalue weighted by Crippen LogP contribution is 2.23. The van der Waals surface area contributed by atoms with Crippen LogP contribution in [0.15, 0.2) is 78.9 Å². The number of hydrogen-bond acceptors (Lipinski definition) is 4. The number of carbonyl (C=O) groups is 2. The van der Waals surface area contributed by atoms with E-state index in [0.717, 1.165) is 10.1 Å². The van der Waals surface area contributed by atoms with Gasteiger partial charge in [-0.2, -0.15) is 4.37 Å². The minimum atomic E-state index is -0.289. The molecule has 5 nitrogen and oxygen atoms in total. The fourth-order valence-electron chi connectivity index (χ4n) is 3.23. The molecule has 0 aliphatic heterocycles. The van der Waals surface area contributed by atoms with Gasteiger partial charge in [-0.15, -0.1) is 0 Å². The van der Waals surface area contributed by atoms with Crippen molar-refractivity contribution in [1.29, 1.82) is 0 Å². The van der Waals surface area contributed by atoms with Gasteiger partial charge < -0.3 is 10.6 Å². The van der Waals surface area contributed by atoms with Crippen LogP contribution in [-0.4, -0.2) is 22.7 Å². The van der Waals surface area contributed by atoms with Crippen molar-refractivity contribution in [2.45, 2.75) is 12.8 Å². The van der Waals surface area contributed by atoms with Crippen molar-refractivity contribution in [3.05, 3.63) is 95.7 Å². The number of anilines is 1. The molecule has 0 aliphatic rings. The highest BCUT2D eigenvalue weighted by molar-refractivity contribution is 7.13. The topological polar surface area (TPSA) is 71.1 Å². The van der Waals surface area contributed by atoms with E-state index in [1.54, 1.807) is 24.3 Å². The molecule has 0 saturated heterocycles. The van der Waals surface area contributed by atoms with Crippen LogP contribution in [0.4, 0.5) is 5.69 Å². The molecule has 4 rings (SSSR count). The maximum absolute atomic E-state index is 12.7. The molecule has 0 unspecified atom stereocenters. The summed E-state index contributed by atoms with van der Waals surface area (Å²) in [6, 6.07) is 24.6. The molecule has 0 radical (unpaired) electrons. The minimum Gasteiger partial charge on any atom is -0.351 e. The highest BCUT2D eigenvalue weighted by atomic mass is 32.1. The van der Waals surface area contributed by atoms with Crippen LogP contribution in [0.2, 0.25) is 0 Å². The average Bonchev–Trinajstić information content (AvgIpc) is 3.22. The Morgan fingerprint density at radius 1 is 0.933 bits per heavy atom. The molecular weight excluding hydrogens is 394 g/mol. The number of amides is 2. The first-order valence-corrected chi connectivity index (χ1v) is 10.5. The zero-order chi connectivity index (χ0) is 20.9. The molecule has 0 fully saturated rings. The Morgan fingerprint density at radius 2 is 1.70 bits per heavy atom. The summed E-state index contributed by atoms with van der Waals surface area (Å²) in [6.07, 6.45) is 0. The third kappa shape index (κ3) is 4.39. The van der Waals surface area contributed by atoms with Gasteiger partial charge in [0.1, 0.15) is 5.69 Å². The van der Waals surface area contributed by atoms with Gasteiger partial charge in [-0.25, -0.2) is 0 Å². The second-order valence-corrected chi connectivity index (χ2v) is 7.89. The molecule has 1 atom stereocenters. The molecule has 1 heterocycles. The molecule has 4 aromatic rings. The van der Waals surface area contributed by atoms with Crippen LogP contribution in [0, 0.1) is 0 Å². The summed E-state index contributed by atoms with van der Waals surface area (Å²) < 4.78 is 5.24. The number of carbonyl (C=O) groups excluding carboxylic acids is 2. The largest absolute Gasteiger partial charge is 0.351 e. The standard InChI is InChI=1S/C24H21N3O2S/c1-16(17-8-3-2-4-9-17)15-25-23(28)18-10-7-11-19(14-18)26-24(29)22-20-12-5-6-13-21(20)30-27-22/h2-14,16H,15H2,1H3,(H,25,28)(H,26,29)/t16-/m0/s1. The Labute approximate surface area is 178 Å². The van der Waals surface area contributed by atoms with Crippen LogP contribution in [0.25, 0.3) is 10.1 Å². The van der Waals surface area contributed by atoms with Crippen molar-refractivity contribution < 1.29 is 9.59 Å². The maximum Gasteiger partial charge on any atom is 0.276 e. The maximum atomic E-state index is 12.7. The van der Waals surface area contributed by atoms with Crippen molar-refractivity contribution in [3.63, 3.8) is 0 Å². The van der Waals surface area contributed by atoms with Crippen LogP contribution in [0.1, 0.15) is 39.3 Å². The van der Waals surface area contributed by atoms with E-state index in [1.807, 2.05) is 42.5 Å². The molecule has 150 valence electrons. The second-order valence-electron chi connectivity index (χ2n) is 7.08. The van der Waals surface area contributed by atoms with E-state index in [9.17, 15) is 9.59 Å². The third-order valence-corrected chi connectivity index (χ3v) is 5.74. The first kappa shape index (κ1) is 19.8. The predicted octanol–water partition coefficient (Wildman–Crippen LogP) is 5.08. The number of fused-ring (bicyclic) bond motifs is 1. The first-order chi connectivity index (χ1) is 14.6. The Hall–Kier alpha value is -3.51. The zero-order valence-electron chi connectivity index (χ0n) is 16.5. The van der Waals surface area contributed by atoms with Gasteiger partial charge in [0.05, 0.1) is 4.70 Å². The van der Waals surface area contributed by atoms with Gasteiger partial charge in [-0.1, -0.05) is 61.5 Å². The Bertz CT molecular complexity index is 1190. The summed E-state index contributed by atoms with van der Waals surface area (Å²) >= 11 is 1.29. The first-order valence-electron chi connectivity index (χ1n) is 9.71. The fraction of sp³-hybridized carbons (Fsp3) is 0.125. The van der Waals surface area contributed by atoms with E-state index < -0.39 is 0 Å². The smallest absolute Gasteiger partial charge is 0.276 e. The number of rotatable bonds is 6. The molecule has 1 aromatic heterocycles. The molecular formula is C24H21N3O2S. The van der Waals surface area contributed by atoms with E-state index in [-0.39, 0.29) is 17.7 Å². The predicted molar refractivity (Wildman–Crippen MR) is 121 cm³/mol. The van der Waals surface area contributed by atoms with Crippen LogP contribution in [0.3, 0.4) is 0 Å². The lowest BCUT2D eigenvalue weighted by molar-refractivity contribution is 0.0950. The van der Waals surface area contributed by atoms with Gasteiger partial charge in [0.25, 0.3) is 11.8 Å². The van der Waals surface area contributed by atoms with Crippen molar-refractivity contribution in [1.82, 2.24) is 9.69 Å². The summed E-state index contributed by atoms with van der Waals surface area (Å²) in [5, 5.41) is 6.64. The fourth-order valence-corrected chi connectivity index (χ4v) is 4.00. The third-order valence-electron chi connectivity index (χ3n) is 4.91. The van der Waals surface area contributed by atoms with Crippen LogP contribution in [-0.2, 0) is 0 Å². The van der Waals surface area contributed by atoms with Crippen molar-refractivity contribution in [2.75, 3.05) is 11.9 Å². The number of nitrogens with one attached hydrogen (secondary N) is 2. The summed E-state index contributed by atoms with van der Waals surface area (Å²) in [6.45, 7) is 2.61. The molecule has 30 heavy (non-hydrogen) atoms.